The van der Waals surface area contributed by atoms with Crippen molar-refractivity contribution in [1.29, 1.82) is 0 Å². The van der Waals surface area contributed by atoms with E-state index in [0.29, 0.717) is 0 Å². The first-order valence-corrected chi connectivity index (χ1v) is 5.09. The van der Waals surface area contributed by atoms with E-state index in [2.05, 4.69) is 4.74 Å². The topological polar surface area (TPSA) is 55.4 Å². The van der Waals surface area contributed by atoms with Crippen molar-refractivity contribution in [1.82, 2.24) is 5.32 Å². The van der Waals surface area contributed by atoms with Crippen LogP contribution in [0.5, 0.6) is 0 Å². The smallest absolute Gasteiger partial charge is 0.397 e. The Balaban J connectivity index is 4.43. The first-order valence-electron chi connectivity index (χ1n) is 5.09. The first-order chi connectivity index (χ1) is 7.65. The average Bonchev–Trinajstić information content (AvgIpc) is 2.11. The maximum Gasteiger partial charge on any atom is 0.397 e. The molecule has 0 saturated heterocycles. The van der Waals surface area contributed by atoms with Gasteiger partial charge in [0.15, 0.2) is 0 Å². The number of methoxy groups -OCH3 is 1. The minimum Gasteiger partial charge on any atom is -0.467 e. The molecule has 0 rings (SSSR count). The van der Waals surface area contributed by atoms with Gasteiger partial charge in [-0.15, -0.1) is 0 Å². The molecule has 0 aromatic heterocycles. The molecule has 1 N–H and O–H groups in total. The number of carbonyl (C=O) groups is 2. The summed E-state index contributed by atoms with van der Waals surface area (Å²) in [7, 11) is 1.12. The Labute approximate surface area is 97.5 Å². The molecule has 1 atom stereocenters. The molecule has 0 aliphatic rings. The number of nitrogens with one attached hydrogen (secondary N) is 1. The maximum absolute atomic E-state index is 11.9. The Morgan fingerprint density at radius 1 is 1.29 bits per heavy atom. The Bertz CT molecular complexity index is 276. The van der Waals surface area contributed by atoms with Gasteiger partial charge in [-0.1, -0.05) is 13.8 Å². The van der Waals surface area contributed by atoms with Crippen LogP contribution in [0.2, 0.25) is 0 Å². The molecule has 0 aliphatic heterocycles. The van der Waals surface area contributed by atoms with Gasteiger partial charge >= 0.3 is 12.1 Å². The number of ether oxygens (including phenoxy) is 1. The summed E-state index contributed by atoms with van der Waals surface area (Å²) in [4.78, 5) is 22.3. The zero-order valence-electron chi connectivity index (χ0n) is 9.93. The second-order valence-electron chi connectivity index (χ2n) is 4.06. The molecule has 0 aromatic carbocycles. The van der Waals surface area contributed by atoms with Gasteiger partial charge in [-0.2, -0.15) is 13.2 Å². The first kappa shape index (κ1) is 15.7. The standard InChI is InChI=1S/C10H16F3NO3/c1-6(2)4-7(9(16)17-3)14-8(15)5-10(11,12)13/h6-7H,4-5H2,1-3H3,(H,14,15)/t7-/m1/s1. The van der Waals surface area contributed by atoms with Crippen molar-refractivity contribution in [2.45, 2.75) is 38.9 Å². The van der Waals surface area contributed by atoms with Crippen molar-refractivity contribution in [3.05, 3.63) is 0 Å². The molecule has 100 valence electrons. The molecule has 0 aliphatic carbocycles. The summed E-state index contributed by atoms with van der Waals surface area (Å²) in [6.45, 7) is 3.57. The lowest BCUT2D eigenvalue weighted by Gasteiger charge is -2.18. The number of rotatable bonds is 5. The molecule has 1 amide bonds. The number of esters is 1. The molecule has 0 spiro atoms. The van der Waals surface area contributed by atoms with E-state index in [4.69, 9.17) is 0 Å². The van der Waals surface area contributed by atoms with Crippen LogP contribution in [-0.2, 0) is 14.3 Å². The number of carbonyl (C=O) groups excluding carboxylic acids is 2. The fourth-order valence-electron chi connectivity index (χ4n) is 1.26. The van der Waals surface area contributed by atoms with Crippen molar-refractivity contribution in [2.75, 3.05) is 7.11 Å². The summed E-state index contributed by atoms with van der Waals surface area (Å²) in [5, 5.41) is 2.02. The van der Waals surface area contributed by atoms with Crippen molar-refractivity contribution in [3.63, 3.8) is 0 Å². The normalized spacial score (nSPS) is 13.4. The van der Waals surface area contributed by atoms with E-state index < -0.39 is 30.5 Å². The van der Waals surface area contributed by atoms with Crippen molar-refractivity contribution >= 4 is 11.9 Å². The second-order valence-corrected chi connectivity index (χ2v) is 4.06. The fourth-order valence-corrected chi connectivity index (χ4v) is 1.26. The van der Waals surface area contributed by atoms with E-state index in [1.807, 2.05) is 5.32 Å². The van der Waals surface area contributed by atoms with Crippen LogP contribution in [0.15, 0.2) is 0 Å². The van der Waals surface area contributed by atoms with Crippen molar-refractivity contribution in [3.8, 4) is 0 Å². The highest BCUT2D eigenvalue weighted by Crippen LogP contribution is 2.19. The van der Waals surface area contributed by atoms with Crippen molar-refractivity contribution in [2.24, 2.45) is 5.92 Å². The summed E-state index contributed by atoms with van der Waals surface area (Å²) < 4.78 is 40.2. The van der Waals surface area contributed by atoms with Crippen LogP contribution in [0.1, 0.15) is 26.7 Å². The van der Waals surface area contributed by atoms with Gasteiger partial charge in [0.05, 0.1) is 7.11 Å². The summed E-state index contributed by atoms with van der Waals surface area (Å²) >= 11 is 0. The predicted molar refractivity (Wildman–Crippen MR) is 54.1 cm³/mol. The highest BCUT2D eigenvalue weighted by molar-refractivity contribution is 5.84. The van der Waals surface area contributed by atoms with Crippen LogP contribution in [0.25, 0.3) is 0 Å². The summed E-state index contributed by atoms with van der Waals surface area (Å²) in [5.74, 6) is -1.92. The minimum atomic E-state index is -4.58. The molecule has 0 fully saturated rings. The van der Waals surface area contributed by atoms with Gasteiger partial charge < -0.3 is 10.1 Å². The van der Waals surface area contributed by atoms with Crippen LogP contribution in [-0.4, -0.2) is 31.2 Å². The molecular weight excluding hydrogens is 239 g/mol. The predicted octanol–water partition coefficient (Wildman–Crippen LogP) is 1.64. The summed E-state index contributed by atoms with van der Waals surface area (Å²) in [6, 6.07) is -1.03. The third-order valence-electron chi connectivity index (χ3n) is 1.89. The van der Waals surface area contributed by atoms with Gasteiger partial charge in [0, 0.05) is 0 Å². The van der Waals surface area contributed by atoms with Crippen LogP contribution < -0.4 is 5.32 Å². The van der Waals surface area contributed by atoms with Crippen molar-refractivity contribution < 1.29 is 27.5 Å². The Morgan fingerprint density at radius 3 is 2.18 bits per heavy atom. The molecule has 0 saturated carbocycles. The van der Waals surface area contributed by atoms with E-state index >= 15 is 0 Å². The molecule has 0 radical (unpaired) electrons. The minimum absolute atomic E-state index is 0.0466. The number of hydrogen-bond acceptors (Lipinski definition) is 3. The third kappa shape index (κ3) is 7.59. The third-order valence-corrected chi connectivity index (χ3v) is 1.89. The van der Waals surface area contributed by atoms with E-state index in [1.54, 1.807) is 13.8 Å². The summed E-state index contributed by atoms with van der Waals surface area (Å²) in [5.41, 5.74) is 0. The lowest BCUT2D eigenvalue weighted by atomic mass is 10.0. The van der Waals surface area contributed by atoms with Crippen LogP contribution >= 0.6 is 0 Å². The second kappa shape index (κ2) is 6.46. The van der Waals surface area contributed by atoms with Crippen LogP contribution in [0.4, 0.5) is 13.2 Å². The molecule has 4 nitrogen and oxygen atoms in total. The maximum atomic E-state index is 11.9. The highest BCUT2D eigenvalue weighted by atomic mass is 19.4. The molecular formula is C10H16F3NO3. The molecule has 0 heterocycles. The number of hydrogen-bond donors (Lipinski definition) is 1. The largest absolute Gasteiger partial charge is 0.467 e. The van der Waals surface area contributed by atoms with E-state index in [-0.39, 0.29) is 12.3 Å². The molecule has 0 unspecified atom stereocenters. The van der Waals surface area contributed by atoms with Crippen LogP contribution in [0, 0.1) is 5.92 Å². The lowest BCUT2D eigenvalue weighted by molar-refractivity contribution is -0.157. The van der Waals surface area contributed by atoms with E-state index in [9.17, 15) is 22.8 Å². The van der Waals surface area contributed by atoms with Gasteiger partial charge in [-0.25, -0.2) is 4.79 Å². The molecule has 17 heavy (non-hydrogen) atoms. The zero-order valence-corrected chi connectivity index (χ0v) is 9.93. The number of alkyl halides is 3. The monoisotopic (exact) mass is 255 g/mol. The lowest BCUT2D eigenvalue weighted by Crippen LogP contribution is -2.43. The van der Waals surface area contributed by atoms with E-state index in [1.165, 1.54) is 0 Å². The highest BCUT2D eigenvalue weighted by Gasteiger charge is 2.33. The fraction of sp³-hybridized carbons (Fsp3) is 0.800. The SMILES string of the molecule is COC(=O)[C@@H](CC(C)C)NC(=O)CC(F)(F)F. The zero-order chi connectivity index (χ0) is 13.6. The summed E-state index contributed by atoms with van der Waals surface area (Å²) in [6.07, 6.45) is -5.95. The van der Waals surface area contributed by atoms with Crippen LogP contribution in [0.3, 0.4) is 0 Å². The average molecular weight is 255 g/mol. The van der Waals surface area contributed by atoms with Gasteiger partial charge in [-0.05, 0) is 12.3 Å². The van der Waals surface area contributed by atoms with Gasteiger partial charge in [0.1, 0.15) is 12.5 Å². The number of halogens is 3. The number of amides is 1. The van der Waals surface area contributed by atoms with Gasteiger partial charge in [-0.3, -0.25) is 4.79 Å². The Morgan fingerprint density at radius 2 is 1.82 bits per heavy atom. The van der Waals surface area contributed by atoms with E-state index in [0.717, 1.165) is 7.11 Å². The molecule has 7 heteroatoms. The molecule has 0 aromatic rings. The Kier molecular flexibility index (Phi) is 5.98. The van der Waals surface area contributed by atoms with Gasteiger partial charge in [0.25, 0.3) is 0 Å². The van der Waals surface area contributed by atoms with Gasteiger partial charge in [0.2, 0.25) is 5.91 Å². The Hall–Kier alpha value is -1.27. The molecule has 0 bridgehead atoms. The quantitative estimate of drug-likeness (QED) is 0.760.